The maximum absolute atomic E-state index is 2.45. The highest BCUT2D eigenvalue weighted by Crippen LogP contribution is 2.21. The molecule has 2 heteroatoms. The normalized spacial score (nSPS) is 16.8. The van der Waals surface area contributed by atoms with Crippen molar-refractivity contribution in [2.24, 2.45) is 0 Å². The molecule has 0 atom stereocenters. The molecule has 0 aromatic rings. The smallest absolute Gasteiger partial charge is 0.0363 e. The molecule has 0 amide bonds. The van der Waals surface area contributed by atoms with Crippen molar-refractivity contribution in [3.8, 4) is 0 Å². The van der Waals surface area contributed by atoms with Crippen LogP contribution >= 0.6 is 0 Å². The molecule has 0 saturated heterocycles. The SMILES string of the molecule is CCCCCCCN1C=CC(C2=CCN(CCCCCCC)C=C2)=CC1. The predicted molar refractivity (Wildman–Crippen MR) is 115 cm³/mol. The van der Waals surface area contributed by atoms with Crippen LogP contribution in [0.25, 0.3) is 0 Å². The van der Waals surface area contributed by atoms with Gasteiger partial charge in [-0.2, -0.15) is 0 Å². The van der Waals surface area contributed by atoms with Crippen molar-refractivity contribution in [1.29, 1.82) is 0 Å². The third kappa shape index (κ3) is 7.85. The molecule has 0 unspecified atom stereocenters. The summed E-state index contributed by atoms with van der Waals surface area (Å²) in [7, 11) is 0. The van der Waals surface area contributed by atoms with Crippen LogP contribution in [0, 0.1) is 0 Å². The minimum absolute atomic E-state index is 1.06. The standard InChI is InChI=1S/C24H40N2/c1-3-5-7-9-11-17-25-19-13-23(14-20-25)24-15-21-26(22-16-24)18-12-10-8-6-4-2/h13-16,19,21H,3-12,17-18,20,22H2,1-2H3. The van der Waals surface area contributed by atoms with Gasteiger partial charge in [0.2, 0.25) is 0 Å². The highest BCUT2D eigenvalue weighted by Gasteiger charge is 2.10. The fourth-order valence-electron chi connectivity index (χ4n) is 3.66. The fraction of sp³-hybridized carbons (Fsp3) is 0.667. The first kappa shape index (κ1) is 20.9. The first-order chi connectivity index (χ1) is 12.8. The van der Waals surface area contributed by atoms with Gasteiger partial charge in [0.1, 0.15) is 0 Å². The molecule has 0 saturated carbocycles. The summed E-state index contributed by atoms with van der Waals surface area (Å²) in [5.74, 6) is 0. The van der Waals surface area contributed by atoms with Crippen LogP contribution in [0.1, 0.15) is 78.1 Å². The highest BCUT2D eigenvalue weighted by atomic mass is 15.1. The molecule has 0 spiro atoms. The van der Waals surface area contributed by atoms with Crippen molar-refractivity contribution < 1.29 is 0 Å². The van der Waals surface area contributed by atoms with Crippen LogP contribution in [0.5, 0.6) is 0 Å². The van der Waals surface area contributed by atoms with Crippen LogP contribution in [0.15, 0.2) is 47.9 Å². The summed E-state index contributed by atoms with van der Waals surface area (Å²) in [6.07, 6.45) is 27.6. The van der Waals surface area contributed by atoms with Crippen molar-refractivity contribution in [3.05, 3.63) is 47.9 Å². The second-order valence-corrected chi connectivity index (χ2v) is 7.77. The van der Waals surface area contributed by atoms with Crippen molar-refractivity contribution in [2.45, 2.75) is 78.1 Å². The lowest BCUT2D eigenvalue weighted by Crippen LogP contribution is -2.23. The van der Waals surface area contributed by atoms with Gasteiger partial charge in [-0.1, -0.05) is 77.4 Å². The molecule has 2 aliphatic rings. The quantitative estimate of drug-likeness (QED) is 0.350. The van der Waals surface area contributed by atoms with Crippen LogP contribution in [0.3, 0.4) is 0 Å². The van der Waals surface area contributed by atoms with E-state index in [1.807, 2.05) is 0 Å². The second kappa shape index (κ2) is 12.8. The predicted octanol–water partition coefficient (Wildman–Crippen LogP) is 6.44. The zero-order chi connectivity index (χ0) is 18.5. The summed E-state index contributed by atoms with van der Waals surface area (Å²) < 4.78 is 0. The van der Waals surface area contributed by atoms with Gasteiger partial charge in [0.15, 0.2) is 0 Å². The molecule has 0 aromatic heterocycles. The van der Waals surface area contributed by atoms with E-state index >= 15 is 0 Å². The maximum Gasteiger partial charge on any atom is 0.0363 e. The van der Waals surface area contributed by atoms with Gasteiger partial charge in [-0.15, -0.1) is 0 Å². The Bertz CT molecular complexity index is 452. The summed E-state index contributed by atoms with van der Waals surface area (Å²) in [4.78, 5) is 4.90. The summed E-state index contributed by atoms with van der Waals surface area (Å²) in [5.41, 5.74) is 2.79. The Morgan fingerprint density at radius 1 is 0.615 bits per heavy atom. The average Bonchev–Trinajstić information content (AvgIpc) is 2.69. The lowest BCUT2D eigenvalue weighted by atomic mass is 10.0. The lowest BCUT2D eigenvalue weighted by molar-refractivity contribution is 0.389. The minimum atomic E-state index is 1.06. The van der Waals surface area contributed by atoms with Crippen LogP contribution in [0.4, 0.5) is 0 Å². The van der Waals surface area contributed by atoms with Crippen molar-refractivity contribution >= 4 is 0 Å². The Balaban J connectivity index is 1.63. The molecule has 2 aliphatic heterocycles. The molecule has 0 radical (unpaired) electrons. The lowest BCUT2D eigenvalue weighted by Gasteiger charge is -2.26. The molecule has 2 nitrogen and oxygen atoms in total. The Morgan fingerprint density at radius 3 is 1.38 bits per heavy atom. The molecule has 146 valence electrons. The van der Waals surface area contributed by atoms with E-state index < -0.39 is 0 Å². The van der Waals surface area contributed by atoms with Gasteiger partial charge < -0.3 is 9.80 Å². The zero-order valence-corrected chi connectivity index (χ0v) is 17.3. The zero-order valence-electron chi connectivity index (χ0n) is 17.3. The fourth-order valence-corrected chi connectivity index (χ4v) is 3.66. The number of hydrogen-bond acceptors (Lipinski definition) is 2. The molecule has 26 heavy (non-hydrogen) atoms. The van der Waals surface area contributed by atoms with E-state index in [0.717, 1.165) is 13.1 Å². The Morgan fingerprint density at radius 2 is 1.04 bits per heavy atom. The Hall–Kier alpha value is -1.44. The highest BCUT2D eigenvalue weighted by molar-refractivity contribution is 5.48. The first-order valence-electron chi connectivity index (χ1n) is 11.1. The molecular weight excluding hydrogens is 316 g/mol. The third-order valence-corrected chi connectivity index (χ3v) is 5.45. The van der Waals surface area contributed by atoms with E-state index in [4.69, 9.17) is 0 Å². The summed E-state index contributed by atoms with van der Waals surface area (Å²) >= 11 is 0. The summed E-state index contributed by atoms with van der Waals surface area (Å²) in [5, 5.41) is 0. The number of hydrogen-bond donors (Lipinski definition) is 0. The molecule has 0 aromatic carbocycles. The average molecular weight is 357 g/mol. The van der Waals surface area contributed by atoms with Gasteiger partial charge in [-0.3, -0.25) is 0 Å². The van der Waals surface area contributed by atoms with E-state index in [1.165, 1.54) is 88.4 Å². The van der Waals surface area contributed by atoms with Crippen molar-refractivity contribution in [1.82, 2.24) is 9.80 Å². The van der Waals surface area contributed by atoms with Crippen LogP contribution in [-0.2, 0) is 0 Å². The first-order valence-corrected chi connectivity index (χ1v) is 11.1. The monoisotopic (exact) mass is 356 g/mol. The maximum atomic E-state index is 2.45. The molecule has 0 bridgehead atoms. The largest absolute Gasteiger partial charge is 0.374 e. The molecule has 0 aliphatic carbocycles. The van der Waals surface area contributed by atoms with Gasteiger partial charge in [0.25, 0.3) is 0 Å². The van der Waals surface area contributed by atoms with E-state index in [1.54, 1.807) is 0 Å². The molecule has 2 rings (SSSR count). The summed E-state index contributed by atoms with van der Waals surface area (Å²) in [6, 6.07) is 0. The Kier molecular flexibility index (Phi) is 10.3. The Labute approximate surface area is 162 Å². The van der Waals surface area contributed by atoms with Gasteiger partial charge >= 0.3 is 0 Å². The second-order valence-electron chi connectivity index (χ2n) is 7.77. The van der Waals surface area contributed by atoms with Gasteiger partial charge in [0, 0.05) is 26.2 Å². The van der Waals surface area contributed by atoms with Gasteiger partial charge in [0.05, 0.1) is 0 Å². The third-order valence-electron chi connectivity index (χ3n) is 5.45. The minimum Gasteiger partial charge on any atom is -0.374 e. The van der Waals surface area contributed by atoms with Crippen LogP contribution in [-0.4, -0.2) is 36.0 Å². The number of nitrogens with zero attached hydrogens (tertiary/aromatic N) is 2. The summed E-state index contributed by atoms with van der Waals surface area (Å²) in [6.45, 7) is 9.08. The molecule has 0 N–H and O–H groups in total. The van der Waals surface area contributed by atoms with E-state index in [0.29, 0.717) is 0 Å². The van der Waals surface area contributed by atoms with E-state index in [-0.39, 0.29) is 0 Å². The molecular formula is C24H40N2. The van der Waals surface area contributed by atoms with E-state index in [2.05, 4.69) is 60.4 Å². The van der Waals surface area contributed by atoms with Crippen LogP contribution in [0.2, 0.25) is 0 Å². The van der Waals surface area contributed by atoms with Crippen LogP contribution < -0.4 is 0 Å². The number of rotatable bonds is 13. The topological polar surface area (TPSA) is 6.48 Å². The number of allylic oxidation sites excluding steroid dienone is 4. The van der Waals surface area contributed by atoms with Gasteiger partial charge in [-0.05, 0) is 48.5 Å². The van der Waals surface area contributed by atoms with E-state index in [9.17, 15) is 0 Å². The number of unbranched alkanes of at least 4 members (excludes halogenated alkanes) is 8. The van der Waals surface area contributed by atoms with Gasteiger partial charge in [-0.25, -0.2) is 0 Å². The molecule has 0 fully saturated rings. The van der Waals surface area contributed by atoms with Crippen molar-refractivity contribution in [2.75, 3.05) is 26.2 Å². The van der Waals surface area contributed by atoms with Crippen molar-refractivity contribution in [3.63, 3.8) is 0 Å². The molecule has 2 heterocycles.